The van der Waals surface area contributed by atoms with Crippen LogP contribution in [0.1, 0.15) is 25.0 Å². The van der Waals surface area contributed by atoms with Crippen molar-refractivity contribution in [3.63, 3.8) is 0 Å². The molecule has 1 atom stereocenters. The van der Waals surface area contributed by atoms with Crippen LogP contribution >= 0.6 is 46.4 Å². The Morgan fingerprint density at radius 3 is 2.02 bits per heavy atom. The number of halogens is 4. The van der Waals surface area contributed by atoms with Gasteiger partial charge in [-0.3, -0.25) is 13.9 Å². The van der Waals surface area contributed by atoms with Crippen molar-refractivity contribution in [1.29, 1.82) is 0 Å². The second kappa shape index (κ2) is 13.9. The summed E-state index contributed by atoms with van der Waals surface area (Å²) in [5.41, 5.74) is 1.52. The predicted molar refractivity (Wildman–Crippen MR) is 163 cm³/mol. The van der Waals surface area contributed by atoms with Gasteiger partial charge in [-0.05, 0) is 49.2 Å². The summed E-state index contributed by atoms with van der Waals surface area (Å²) < 4.78 is 26.7. The van der Waals surface area contributed by atoms with Crippen LogP contribution in [0.5, 0.6) is 0 Å². The lowest BCUT2D eigenvalue weighted by Gasteiger charge is -2.34. The van der Waals surface area contributed by atoms with Crippen LogP contribution in [0, 0.1) is 0 Å². The number of nitrogens with zero attached hydrogens (tertiary/aromatic N) is 2. The highest BCUT2D eigenvalue weighted by molar-refractivity contribution is 7.92. The Morgan fingerprint density at radius 1 is 0.850 bits per heavy atom. The highest BCUT2D eigenvalue weighted by Crippen LogP contribution is 2.35. The maximum atomic E-state index is 14.0. The topological polar surface area (TPSA) is 86.8 Å². The molecule has 3 rings (SSSR count). The number of sulfonamides is 1. The van der Waals surface area contributed by atoms with Crippen molar-refractivity contribution in [1.82, 2.24) is 10.2 Å². The van der Waals surface area contributed by atoms with Gasteiger partial charge < -0.3 is 10.2 Å². The smallest absolute Gasteiger partial charge is 0.244 e. The molecule has 0 spiro atoms. The van der Waals surface area contributed by atoms with E-state index in [-0.39, 0.29) is 45.7 Å². The molecule has 12 heteroatoms. The van der Waals surface area contributed by atoms with Gasteiger partial charge in [-0.25, -0.2) is 8.42 Å². The van der Waals surface area contributed by atoms with E-state index in [0.717, 1.165) is 16.1 Å². The van der Waals surface area contributed by atoms with Gasteiger partial charge >= 0.3 is 0 Å². The fourth-order valence-electron chi connectivity index (χ4n) is 4.02. The van der Waals surface area contributed by atoms with E-state index >= 15 is 0 Å². The summed E-state index contributed by atoms with van der Waals surface area (Å²) in [5, 5.41) is 3.60. The molecule has 0 aliphatic heterocycles. The van der Waals surface area contributed by atoms with Crippen LogP contribution in [0.15, 0.2) is 66.7 Å². The molecule has 40 heavy (non-hydrogen) atoms. The van der Waals surface area contributed by atoms with Crippen molar-refractivity contribution in [3.05, 3.63) is 97.9 Å². The van der Waals surface area contributed by atoms with Crippen LogP contribution in [0.2, 0.25) is 20.1 Å². The number of benzene rings is 3. The average molecular weight is 645 g/mol. The first-order chi connectivity index (χ1) is 18.8. The van der Waals surface area contributed by atoms with E-state index in [2.05, 4.69) is 5.32 Å². The number of nitrogens with one attached hydrogen (secondary N) is 1. The Hall–Kier alpha value is -2.49. The van der Waals surface area contributed by atoms with Gasteiger partial charge in [-0.2, -0.15) is 0 Å². The van der Waals surface area contributed by atoms with Gasteiger partial charge in [0.2, 0.25) is 21.8 Å². The summed E-state index contributed by atoms with van der Waals surface area (Å²) in [7, 11) is -4.02. The third-order valence-electron chi connectivity index (χ3n) is 5.91. The number of hydrogen-bond donors (Lipinski definition) is 1. The van der Waals surface area contributed by atoms with Crippen molar-refractivity contribution in [2.75, 3.05) is 17.1 Å². The molecule has 1 unspecified atom stereocenters. The summed E-state index contributed by atoms with van der Waals surface area (Å²) in [6, 6.07) is 17.5. The van der Waals surface area contributed by atoms with E-state index in [0.29, 0.717) is 10.6 Å². The van der Waals surface area contributed by atoms with Crippen molar-refractivity contribution < 1.29 is 18.0 Å². The van der Waals surface area contributed by atoms with Gasteiger partial charge in [0.05, 0.1) is 27.0 Å². The monoisotopic (exact) mass is 643 g/mol. The minimum Gasteiger partial charge on any atom is -0.352 e. The van der Waals surface area contributed by atoms with Gasteiger partial charge in [0.15, 0.2) is 0 Å². The molecule has 7 nitrogen and oxygen atoms in total. The Kier molecular flexibility index (Phi) is 11.1. The van der Waals surface area contributed by atoms with Gasteiger partial charge in [-0.1, -0.05) is 88.9 Å². The van der Waals surface area contributed by atoms with Crippen LogP contribution < -0.4 is 9.62 Å². The van der Waals surface area contributed by atoms with Crippen LogP contribution in [0.25, 0.3) is 0 Å². The molecule has 0 fully saturated rings. The number of amides is 2. The summed E-state index contributed by atoms with van der Waals surface area (Å²) in [6.45, 7) is 3.02. The summed E-state index contributed by atoms with van der Waals surface area (Å²) >= 11 is 24.6. The van der Waals surface area contributed by atoms with Crippen molar-refractivity contribution in [3.8, 4) is 0 Å². The molecular formula is C28H29Cl4N3O4S. The quantitative estimate of drug-likeness (QED) is 0.251. The third-order valence-corrected chi connectivity index (χ3v) is 8.31. The average Bonchev–Trinajstić information content (AvgIpc) is 2.87. The zero-order valence-electron chi connectivity index (χ0n) is 22.1. The number of anilines is 1. The fourth-order valence-corrected chi connectivity index (χ4v) is 5.69. The standard InChI is InChI=1S/C28H29Cl4N3O4S/c1-18(2)33-28(37)26(13-19-7-5-4-6-8-19)34(16-20-9-11-21(29)12-10-20)27(36)17-35(40(3,38)39)25-15-23(31)22(30)14-24(25)32/h4-12,14-15,18,26H,13,16-17H2,1-3H3,(H,33,37). The molecule has 1 N–H and O–H groups in total. The van der Waals surface area contributed by atoms with Crippen LogP contribution in [-0.4, -0.2) is 50.0 Å². The molecule has 0 aromatic heterocycles. The molecule has 0 saturated carbocycles. The number of hydrogen-bond acceptors (Lipinski definition) is 4. The SMILES string of the molecule is CC(C)NC(=O)C(Cc1ccccc1)N(Cc1ccc(Cl)cc1)C(=O)CN(c1cc(Cl)c(Cl)cc1Cl)S(C)(=O)=O. The Balaban J connectivity index is 2.09. The van der Waals surface area contributed by atoms with E-state index in [1.807, 2.05) is 44.2 Å². The Labute approximate surface area is 255 Å². The maximum absolute atomic E-state index is 14.0. The summed E-state index contributed by atoms with van der Waals surface area (Å²) in [6.07, 6.45) is 1.15. The Bertz CT molecular complexity index is 1450. The Morgan fingerprint density at radius 2 is 1.45 bits per heavy atom. The molecule has 3 aromatic rings. The lowest BCUT2D eigenvalue weighted by molar-refractivity contribution is -0.140. The van der Waals surface area contributed by atoms with Gasteiger partial charge in [0, 0.05) is 24.0 Å². The highest BCUT2D eigenvalue weighted by Gasteiger charge is 2.34. The van der Waals surface area contributed by atoms with Crippen LogP contribution in [0.4, 0.5) is 5.69 Å². The molecule has 2 amide bonds. The van der Waals surface area contributed by atoms with Crippen LogP contribution in [0.3, 0.4) is 0 Å². The third kappa shape index (κ3) is 8.75. The molecule has 0 radical (unpaired) electrons. The molecule has 0 heterocycles. The molecule has 214 valence electrons. The van der Waals surface area contributed by atoms with E-state index in [1.54, 1.807) is 24.3 Å². The van der Waals surface area contributed by atoms with Gasteiger partial charge in [0.1, 0.15) is 12.6 Å². The van der Waals surface area contributed by atoms with Gasteiger partial charge in [-0.15, -0.1) is 0 Å². The molecule has 0 aliphatic carbocycles. The second-order valence-corrected chi connectivity index (χ2v) is 13.1. The van der Waals surface area contributed by atoms with E-state index in [9.17, 15) is 18.0 Å². The second-order valence-electron chi connectivity index (χ2n) is 9.50. The highest BCUT2D eigenvalue weighted by atomic mass is 35.5. The van der Waals surface area contributed by atoms with E-state index < -0.39 is 28.5 Å². The zero-order valence-corrected chi connectivity index (χ0v) is 25.9. The molecule has 0 bridgehead atoms. The van der Waals surface area contributed by atoms with Gasteiger partial charge in [0.25, 0.3) is 0 Å². The molecular weight excluding hydrogens is 616 g/mol. The summed E-state index contributed by atoms with van der Waals surface area (Å²) in [4.78, 5) is 28.9. The lowest BCUT2D eigenvalue weighted by Crippen LogP contribution is -2.54. The molecule has 0 aliphatic rings. The number of carbonyl (C=O) groups is 2. The maximum Gasteiger partial charge on any atom is 0.244 e. The normalized spacial score (nSPS) is 12.2. The zero-order chi connectivity index (χ0) is 29.6. The fraction of sp³-hybridized carbons (Fsp3) is 0.286. The van der Waals surface area contributed by atoms with E-state index in [4.69, 9.17) is 46.4 Å². The first-order valence-electron chi connectivity index (χ1n) is 12.3. The van der Waals surface area contributed by atoms with Crippen LogP contribution in [-0.2, 0) is 32.6 Å². The van der Waals surface area contributed by atoms with Crippen molar-refractivity contribution in [2.45, 2.75) is 38.9 Å². The number of carbonyl (C=O) groups excluding carboxylic acids is 2. The molecule has 0 saturated heterocycles. The largest absolute Gasteiger partial charge is 0.352 e. The summed E-state index contributed by atoms with van der Waals surface area (Å²) in [5.74, 6) is -0.998. The first-order valence-corrected chi connectivity index (χ1v) is 15.6. The predicted octanol–water partition coefficient (Wildman–Crippen LogP) is 6.23. The van der Waals surface area contributed by atoms with E-state index in [1.165, 1.54) is 17.0 Å². The first kappa shape index (κ1) is 32.0. The minimum atomic E-state index is -4.02. The lowest BCUT2D eigenvalue weighted by atomic mass is 10.0. The van der Waals surface area contributed by atoms with Crippen molar-refractivity contribution >= 4 is 73.9 Å². The molecule has 3 aromatic carbocycles. The number of rotatable bonds is 11. The minimum absolute atomic E-state index is 0.00439. The van der Waals surface area contributed by atoms with Crippen molar-refractivity contribution in [2.24, 2.45) is 0 Å².